The number of hydrogen-bond acceptors (Lipinski definition) is 5. The molecule has 0 saturated carbocycles. The normalized spacial score (nSPS) is 32.9. The van der Waals surface area contributed by atoms with Crippen molar-refractivity contribution in [2.24, 2.45) is 0 Å². The van der Waals surface area contributed by atoms with E-state index >= 15 is 0 Å². The Hall–Kier alpha value is -0.710. The van der Waals surface area contributed by atoms with Gasteiger partial charge in [0.15, 0.2) is 6.23 Å². The topological polar surface area (TPSA) is 105 Å². The minimum atomic E-state index is -0.857. The average molecular weight is 354 g/mol. The van der Waals surface area contributed by atoms with E-state index in [2.05, 4.69) is 4.98 Å². The van der Waals surface area contributed by atoms with Crippen molar-refractivity contribution in [2.75, 3.05) is 6.61 Å². The van der Waals surface area contributed by atoms with Gasteiger partial charge in [0.1, 0.15) is 6.10 Å². The largest absolute Gasteiger partial charge is 0.394 e. The van der Waals surface area contributed by atoms with Gasteiger partial charge in [-0.15, -0.1) is 0 Å². The van der Waals surface area contributed by atoms with Crippen molar-refractivity contribution >= 4 is 22.6 Å². The van der Waals surface area contributed by atoms with Crippen LogP contribution in [0.2, 0.25) is 0 Å². The Morgan fingerprint density at radius 1 is 1.53 bits per heavy atom. The lowest BCUT2D eigenvalue weighted by atomic mass is 10.2. The SMILES string of the molecule is O=c1ccn([C@@H]2O[C@H](CO)[C@H](O)C2I)c(=O)[nH]1. The van der Waals surface area contributed by atoms with Crippen LogP contribution in [0.4, 0.5) is 0 Å². The summed E-state index contributed by atoms with van der Waals surface area (Å²) >= 11 is 1.95. The molecule has 7 nitrogen and oxygen atoms in total. The van der Waals surface area contributed by atoms with Gasteiger partial charge in [-0.25, -0.2) is 4.79 Å². The van der Waals surface area contributed by atoms with Crippen molar-refractivity contribution in [3.05, 3.63) is 33.1 Å². The molecule has 1 aliphatic heterocycles. The molecule has 0 aromatic carbocycles. The molecular weight excluding hydrogens is 343 g/mol. The second-order valence-electron chi connectivity index (χ2n) is 3.70. The van der Waals surface area contributed by atoms with Crippen molar-refractivity contribution in [1.29, 1.82) is 0 Å². The fraction of sp³-hybridized carbons (Fsp3) is 0.556. The number of rotatable bonds is 2. The predicted molar refractivity (Wildman–Crippen MR) is 66.1 cm³/mol. The highest BCUT2D eigenvalue weighted by Gasteiger charge is 2.43. The number of H-pyrrole nitrogens is 1. The smallest absolute Gasteiger partial charge is 0.330 e. The summed E-state index contributed by atoms with van der Waals surface area (Å²) < 4.78 is 6.19. The molecule has 3 N–H and O–H groups in total. The Kier molecular flexibility index (Phi) is 3.66. The minimum absolute atomic E-state index is 0.324. The third-order valence-corrected chi connectivity index (χ3v) is 3.95. The van der Waals surface area contributed by atoms with E-state index in [0.717, 1.165) is 0 Å². The summed E-state index contributed by atoms with van der Waals surface area (Å²) in [5, 5.41) is 18.8. The van der Waals surface area contributed by atoms with Crippen molar-refractivity contribution < 1.29 is 14.9 Å². The number of ether oxygens (including phenoxy) is 1. The van der Waals surface area contributed by atoms with Gasteiger partial charge in [0.2, 0.25) is 0 Å². The van der Waals surface area contributed by atoms with Crippen LogP contribution < -0.4 is 11.2 Å². The van der Waals surface area contributed by atoms with Crippen LogP contribution in [0, 0.1) is 0 Å². The van der Waals surface area contributed by atoms with Gasteiger partial charge in [0.05, 0.1) is 16.6 Å². The second kappa shape index (κ2) is 4.88. The summed E-state index contributed by atoms with van der Waals surface area (Å²) in [6.45, 7) is -0.324. The molecular formula is C9H11IN2O5. The zero-order chi connectivity index (χ0) is 12.6. The monoisotopic (exact) mass is 354 g/mol. The zero-order valence-corrected chi connectivity index (χ0v) is 10.8. The van der Waals surface area contributed by atoms with Gasteiger partial charge < -0.3 is 14.9 Å². The lowest BCUT2D eigenvalue weighted by molar-refractivity contribution is -0.0456. The lowest BCUT2D eigenvalue weighted by Gasteiger charge is -2.16. The van der Waals surface area contributed by atoms with Gasteiger partial charge >= 0.3 is 5.69 Å². The molecule has 1 aromatic rings. The molecule has 17 heavy (non-hydrogen) atoms. The molecule has 1 saturated heterocycles. The molecule has 94 valence electrons. The maximum absolute atomic E-state index is 11.6. The predicted octanol–water partition coefficient (Wildman–Crippen LogP) is -1.41. The summed E-state index contributed by atoms with van der Waals surface area (Å²) in [6.07, 6.45) is -0.971. The van der Waals surface area contributed by atoms with Crippen molar-refractivity contribution in [3.8, 4) is 0 Å². The highest BCUT2D eigenvalue weighted by Crippen LogP contribution is 2.33. The number of alkyl halides is 1. The summed E-state index contributed by atoms with van der Waals surface area (Å²) in [4.78, 5) is 24.6. The van der Waals surface area contributed by atoms with Crippen LogP contribution in [0.25, 0.3) is 0 Å². The number of aromatic amines is 1. The fourth-order valence-electron chi connectivity index (χ4n) is 1.71. The van der Waals surface area contributed by atoms with Crippen LogP contribution in [0.15, 0.2) is 21.9 Å². The van der Waals surface area contributed by atoms with Gasteiger partial charge in [-0.3, -0.25) is 14.3 Å². The maximum atomic E-state index is 11.6. The molecule has 4 atom stereocenters. The third-order valence-electron chi connectivity index (χ3n) is 2.60. The zero-order valence-electron chi connectivity index (χ0n) is 8.62. The molecule has 1 fully saturated rings. The van der Waals surface area contributed by atoms with E-state index < -0.39 is 29.7 Å². The molecule has 1 aromatic heterocycles. The third kappa shape index (κ3) is 2.30. The number of hydrogen-bond donors (Lipinski definition) is 3. The van der Waals surface area contributed by atoms with Crippen LogP contribution in [0.3, 0.4) is 0 Å². The lowest BCUT2D eigenvalue weighted by Crippen LogP contribution is -2.35. The van der Waals surface area contributed by atoms with Crippen LogP contribution in [-0.2, 0) is 4.74 Å². The number of halogens is 1. The van der Waals surface area contributed by atoms with Crippen molar-refractivity contribution in [2.45, 2.75) is 22.4 Å². The molecule has 0 radical (unpaired) electrons. The van der Waals surface area contributed by atoms with Gasteiger partial charge in [0, 0.05) is 12.3 Å². The second-order valence-corrected chi connectivity index (χ2v) is 5.14. The summed E-state index contributed by atoms with van der Waals surface area (Å²) in [7, 11) is 0. The first-order valence-corrected chi connectivity index (χ1v) is 6.19. The molecule has 0 spiro atoms. The minimum Gasteiger partial charge on any atom is -0.394 e. The number of nitrogens with zero attached hydrogens (tertiary/aromatic N) is 1. The van der Waals surface area contributed by atoms with Crippen LogP contribution >= 0.6 is 22.6 Å². The molecule has 0 amide bonds. The Morgan fingerprint density at radius 3 is 2.76 bits per heavy atom. The molecule has 0 aliphatic carbocycles. The van der Waals surface area contributed by atoms with E-state index in [-0.39, 0.29) is 10.5 Å². The molecule has 2 heterocycles. The summed E-state index contributed by atoms with van der Waals surface area (Å²) in [5.41, 5.74) is -1.09. The van der Waals surface area contributed by atoms with E-state index in [1.54, 1.807) is 0 Å². The van der Waals surface area contributed by atoms with E-state index in [4.69, 9.17) is 9.84 Å². The Balaban J connectivity index is 2.35. The summed E-state index contributed by atoms with van der Waals surface area (Å²) in [6, 6.07) is 1.20. The number of aliphatic hydroxyl groups is 2. The average Bonchev–Trinajstić information content (AvgIpc) is 2.57. The number of nitrogens with one attached hydrogen (secondary N) is 1. The Labute approximate surface area is 109 Å². The molecule has 0 bridgehead atoms. The van der Waals surface area contributed by atoms with Crippen LogP contribution in [0.1, 0.15) is 6.23 Å². The standard InChI is InChI=1S/C9H11IN2O5/c10-6-7(15)4(3-13)17-8(6)12-2-1-5(14)11-9(12)16/h1-2,4,6-8,13,15H,3H2,(H,11,14,16)/t4-,6?,7+,8-/m1/s1. The fourth-order valence-corrected chi connectivity index (χ4v) is 2.69. The van der Waals surface area contributed by atoms with E-state index in [1.165, 1.54) is 16.8 Å². The van der Waals surface area contributed by atoms with Gasteiger partial charge in [-0.05, 0) is 0 Å². The first-order chi connectivity index (χ1) is 8.04. The Bertz CT molecular complexity index is 513. The highest BCUT2D eigenvalue weighted by atomic mass is 127. The first-order valence-electron chi connectivity index (χ1n) is 4.94. The van der Waals surface area contributed by atoms with E-state index in [0.29, 0.717) is 0 Å². The Morgan fingerprint density at radius 2 is 2.24 bits per heavy atom. The van der Waals surface area contributed by atoms with Crippen molar-refractivity contribution in [1.82, 2.24) is 9.55 Å². The quantitative estimate of drug-likeness (QED) is 0.447. The van der Waals surface area contributed by atoms with Gasteiger partial charge in [-0.1, -0.05) is 22.6 Å². The van der Waals surface area contributed by atoms with Crippen LogP contribution in [0.5, 0.6) is 0 Å². The van der Waals surface area contributed by atoms with Gasteiger partial charge in [-0.2, -0.15) is 0 Å². The molecule has 8 heteroatoms. The highest BCUT2D eigenvalue weighted by molar-refractivity contribution is 14.1. The van der Waals surface area contributed by atoms with E-state index in [1.807, 2.05) is 22.6 Å². The number of aromatic nitrogens is 2. The van der Waals surface area contributed by atoms with Gasteiger partial charge in [0.25, 0.3) is 5.56 Å². The number of aliphatic hydroxyl groups excluding tert-OH is 2. The first kappa shape index (κ1) is 12.7. The molecule has 1 aliphatic rings. The van der Waals surface area contributed by atoms with Crippen molar-refractivity contribution in [3.63, 3.8) is 0 Å². The maximum Gasteiger partial charge on any atom is 0.330 e. The summed E-state index contributed by atoms with van der Waals surface area (Å²) in [5.74, 6) is 0. The van der Waals surface area contributed by atoms with E-state index in [9.17, 15) is 14.7 Å². The molecule has 2 rings (SSSR count). The van der Waals surface area contributed by atoms with Crippen LogP contribution in [-0.4, -0.2) is 42.5 Å². The molecule has 1 unspecified atom stereocenters.